The average Bonchev–Trinajstić information content (AvgIpc) is 1.48. The van der Waals surface area contributed by atoms with Crippen molar-refractivity contribution in [1.82, 2.24) is 39.6 Å². The number of hydrogen-bond donors (Lipinski definition) is 4. The van der Waals surface area contributed by atoms with E-state index >= 15 is 4.39 Å². The first-order valence-electron chi connectivity index (χ1n) is 29.3. The summed E-state index contributed by atoms with van der Waals surface area (Å²) in [4.78, 5) is 86.1. The summed E-state index contributed by atoms with van der Waals surface area (Å²) in [6.45, 7) is 8.44. The van der Waals surface area contributed by atoms with Gasteiger partial charge in [0.1, 0.15) is 66.9 Å². The average molecular weight is 1210 g/mol. The number of rotatable bonds is 11. The first-order chi connectivity index (χ1) is 42.3. The fraction of sp³-hybridized carbons (Fsp3) is 0.391. The van der Waals surface area contributed by atoms with Crippen LogP contribution in [0.5, 0.6) is 11.8 Å². The molecule has 88 heavy (non-hydrogen) atoms. The third-order valence-corrected chi connectivity index (χ3v) is 18.6. The van der Waals surface area contributed by atoms with Crippen molar-refractivity contribution >= 4 is 62.3 Å². The minimum absolute atomic E-state index is 0.00269. The minimum atomic E-state index is -1.25. The van der Waals surface area contributed by atoms with Crippen LogP contribution < -0.4 is 26.2 Å². The fourth-order valence-electron chi connectivity index (χ4n) is 14.5. The highest BCUT2D eigenvalue weighted by molar-refractivity contribution is 6.03. The number of aromatic nitrogens is 5. The second-order valence-electron chi connectivity index (χ2n) is 23.7. The van der Waals surface area contributed by atoms with Crippen LogP contribution in [0.2, 0.25) is 0 Å². The van der Waals surface area contributed by atoms with Gasteiger partial charge >= 0.3 is 24.0 Å². The standard InChI is InChI=1S/C40H38F3N7O7.C24H22FN3O3/c1-3-27-30(42)8-5-22-11-26(51)12-28(32(22)27)34-33(43)35-29(14-44-34)36(47-38(46-35)57-20-40-9-4-10-49(40)16-23(41)13-40)48-17-24-6-7-25(18-48)50(24)37(54)21(2)19-56-39(55)45-15-31(52)53;1-3-11-13-6-19-22-14(8-28(19)23(29)15(13)9-31-24(11)30)20-17(26)5-4-12-10(2)16(25)7-18(27-22)21(12)20/h1,5,8,11-12,14,23-25,51H,2,4,6-7,9-10,13,15-20H2,(H,45,55)(H,52,53);6-7,11,17H,3-5,8-9,26H2,1-2H3/t23?,24?,25?,40-;/m0./s1. The van der Waals surface area contributed by atoms with Crippen LogP contribution in [0.3, 0.4) is 0 Å². The highest BCUT2D eigenvalue weighted by Gasteiger charge is 2.50. The summed E-state index contributed by atoms with van der Waals surface area (Å²) < 4.78 is 79.5. The normalized spacial score (nSPS) is 22.1. The Morgan fingerprint density at radius 1 is 0.989 bits per heavy atom. The second kappa shape index (κ2) is 22.2. The third kappa shape index (κ3) is 9.65. The monoisotopic (exact) mass is 1200 g/mol. The molecular weight excluding hydrogens is 1140 g/mol. The lowest BCUT2D eigenvalue weighted by Crippen LogP contribution is -2.56. The molecule has 4 aromatic heterocycles. The van der Waals surface area contributed by atoms with Gasteiger partial charge in [0, 0.05) is 71.8 Å². The van der Waals surface area contributed by atoms with E-state index < -0.39 is 60.4 Å². The van der Waals surface area contributed by atoms with Crippen LogP contribution >= 0.6 is 0 Å². The lowest BCUT2D eigenvalue weighted by Gasteiger charge is -2.42. The van der Waals surface area contributed by atoms with Crippen molar-refractivity contribution in [2.75, 3.05) is 50.8 Å². The molecule has 14 rings (SSSR count). The van der Waals surface area contributed by atoms with Crippen LogP contribution in [0.15, 0.2) is 59.5 Å². The SMILES string of the molecule is C#Cc1c(F)ccc2cc(O)cc(-c3ncc4c(N5CC6CCC(C5)N6C(=O)C(=C)COC(=O)NCC(=O)O)nc(OC[C@@]56CCCN5CC(F)C6)nc4c3F)c12.CCC1C(=O)OCc2c1cc1n(c2=O)Cc2c-1nc1cc(F)c(C)c3c1c2C(N)CC3. The molecule has 5 N–H and O–H groups in total. The van der Waals surface area contributed by atoms with Crippen molar-refractivity contribution in [3.8, 4) is 46.7 Å². The lowest BCUT2D eigenvalue weighted by molar-refractivity contribution is -0.148. The molecule has 0 saturated carbocycles. The molecule has 5 unspecified atom stereocenters. The number of phenols is 1. The van der Waals surface area contributed by atoms with Crippen LogP contribution in [0, 0.1) is 36.7 Å². The number of nitrogens with two attached hydrogens (primary N) is 1. The van der Waals surface area contributed by atoms with Gasteiger partial charge in [0.15, 0.2) is 5.82 Å². The maximum atomic E-state index is 17.1. The van der Waals surface area contributed by atoms with Gasteiger partial charge in [-0.15, -0.1) is 6.42 Å². The Morgan fingerprint density at radius 2 is 1.77 bits per heavy atom. The summed E-state index contributed by atoms with van der Waals surface area (Å²) in [6.07, 6.45) is 10.2. The number of carbonyl (C=O) groups is 4. The Morgan fingerprint density at radius 3 is 2.52 bits per heavy atom. The molecule has 1 aliphatic carbocycles. The number of piperazine rings is 1. The number of carbonyl (C=O) groups excluding carboxylic acids is 3. The van der Waals surface area contributed by atoms with Crippen molar-refractivity contribution in [1.29, 1.82) is 0 Å². The van der Waals surface area contributed by atoms with Crippen LogP contribution in [-0.4, -0.2) is 138 Å². The number of fused-ring (bicyclic) bond motifs is 10. The molecule has 454 valence electrons. The maximum absolute atomic E-state index is 17.1. The number of aryl methyl sites for hydroxylation is 1. The number of carboxylic acids is 1. The first-order valence-corrected chi connectivity index (χ1v) is 29.3. The maximum Gasteiger partial charge on any atom is 0.407 e. The largest absolute Gasteiger partial charge is 0.508 e. The van der Waals surface area contributed by atoms with Crippen LogP contribution in [-0.2, 0) is 43.4 Å². The number of aliphatic carboxylic acids is 1. The molecule has 0 radical (unpaired) electrons. The summed E-state index contributed by atoms with van der Waals surface area (Å²) >= 11 is 0. The number of alkyl halides is 1. The predicted molar refractivity (Wildman–Crippen MR) is 314 cm³/mol. The van der Waals surface area contributed by atoms with E-state index in [4.69, 9.17) is 41.4 Å². The number of hydrogen-bond acceptors (Lipinski definition) is 16. The van der Waals surface area contributed by atoms with Crippen LogP contribution in [0.25, 0.3) is 55.2 Å². The van der Waals surface area contributed by atoms with Crippen LogP contribution in [0.4, 0.5) is 28.2 Å². The van der Waals surface area contributed by atoms with E-state index in [0.717, 1.165) is 53.4 Å². The molecule has 4 fully saturated rings. The smallest absolute Gasteiger partial charge is 0.407 e. The number of anilines is 1. The summed E-state index contributed by atoms with van der Waals surface area (Å²) in [6, 6.07) is 7.62. The molecule has 3 aromatic carbocycles. The van der Waals surface area contributed by atoms with Gasteiger partial charge in [0.25, 0.3) is 11.5 Å². The number of phenolic OH excluding ortho intramolecular Hbond substituents is 1. The number of terminal acetylenes is 1. The molecule has 2 bridgehead atoms. The van der Waals surface area contributed by atoms with Gasteiger partial charge in [-0.2, -0.15) is 9.97 Å². The van der Waals surface area contributed by atoms with Gasteiger partial charge in [0.05, 0.1) is 63.5 Å². The molecule has 7 aliphatic rings. The number of halogens is 4. The van der Waals surface area contributed by atoms with E-state index in [2.05, 4.69) is 32.7 Å². The number of carboxylic acid groups (broad SMARTS) is 1. The van der Waals surface area contributed by atoms with E-state index in [-0.39, 0.29) is 119 Å². The zero-order valence-electron chi connectivity index (χ0n) is 48.1. The fourth-order valence-corrected chi connectivity index (χ4v) is 14.5. The van der Waals surface area contributed by atoms with E-state index in [1.165, 1.54) is 36.5 Å². The molecule has 6 atom stereocenters. The Labute approximate surface area is 500 Å². The third-order valence-electron chi connectivity index (χ3n) is 18.6. The Bertz CT molecular complexity index is 4290. The van der Waals surface area contributed by atoms with Gasteiger partial charge in [-0.05, 0) is 110 Å². The first kappa shape index (κ1) is 57.8. The number of nitrogens with one attached hydrogen (secondary N) is 1. The quantitative estimate of drug-likeness (QED) is 0.0419. The Balaban J connectivity index is 0.000000193. The molecular formula is C64H60F4N10O10. The molecule has 2 amide bonds. The number of cyclic esters (lactones) is 1. The molecule has 4 saturated heterocycles. The van der Waals surface area contributed by atoms with Gasteiger partial charge in [-0.1, -0.05) is 25.5 Å². The molecule has 7 aromatic rings. The topological polar surface area (TPSA) is 258 Å². The zero-order chi connectivity index (χ0) is 61.8. The van der Waals surface area contributed by atoms with Crippen molar-refractivity contribution in [3.63, 3.8) is 0 Å². The number of alkyl carbamates (subject to hydrolysis) is 1. The molecule has 24 heteroatoms. The predicted octanol–water partition coefficient (Wildman–Crippen LogP) is 7.68. The number of ether oxygens (including phenoxy) is 3. The highest BCUT2D eigenvalue weighted by atomic mass is 19.1. The van der Waals surface area contributed by atoms with Crippen molar-refractivity contribution in [3.05, 3.63) is 121 Å². The number of aromatic hydroxyl groups is 1. The van der Waals surface area contributed by atoms with Gasteiger partial charge in [-0.25, -0.2) is 27.3 Å². The van der Waals surface area contributed by atoms with Crippen molar-refractivity contribution in [2.45, 2.75) is 114 Å². The number of nitrogens with zero attached hydrogens (tertiary/aromatic N) is 8. The molecule has 10 heterocycles. The summed E-state index contributed by atoms with van der Waals surface area (Å²) in [5, 5.41) is 23.2. The molecule has 20 nitrogen and oxygen atoms in total. The number of amides is 2. The summed E-state index contributed by atoms with van der Waals surface area (Å²) in [5.41, 5.74) is 12.1. The lowest BCUT2D eigenvalue weighted by atomic mass is 9.82. The number of benzene rings is 3. The highest BCUT2D eigenvalue weighted by Crippen LogP contribution is 2.47. The van der Waals surface area contributed by atoms with E-state index in [9.17, 15) is 42.3 Å². The van der Waals surface area contributed by atoms with Crippen LogP contribution in [0.1, 0.15) is 103 Å². The van der Waals surface area contributed by atoms with Gasteiger partial charge < -0.3 is 49.8 Å². The molecule has 6 aliphatic heterocycles. The van der Waals surface area contributed by atoms with E-state index in [0.29, 0.717) is 78.0 Å². The minimum Gasteiger partial charge on any atom is -0.508 e. The number of pyridine rings is 3. The van der Waals surface area contributed by atoms with Crippen molar-refractivity contribution < 1.29 is 61.2 Å². The number of esters is 1. The Hall–Kier alpha value is -9.21. The van der Waals surface area contributed by atoms with Gasteiger partial charge in [0.2, 0.25) is 0 Å². The van der Waals surface area contributed by atoms with E-state index in [1.54, 1.807) is 16.4 Å². The second-order valence-corrected chi connectivity index (χ2v) is 23.7. The zero-order valence-corrected chi connectivity index (χ0v) is 48.1. The molecule has 0 spiro atoms. The van der Waals surface area contributed by atoms with Gasteiger partial charge in [-0.3, -0.25) is 29.1 Å². The Kier molecular flexibility index (Phi) is 14.6. The van der Waals surface area contributed by atoms with Crippen molar-refractivity contribution in [2.24, 2.45) is 5.73 Å². The van der Waals surface area contributed by atoms with E-state index in [1.807, 2.05) is 17.9 Å². The summed E-state index contributed by atoms with van der Waals surface area (Å²) in [7, 11) is 0. The summed E-state index contributed by atoms with van der Waals surface area (Å²) in [5.74, 6) is -1.91.